The van der Waals surface area contributed by atoms with Crippen molar-refractivity contribution in [3.63, 3.8) is 0 Å². The van der Waals surface area contributed by atoms with Gasteiger partial charge >= 0.3 is 0 Å². The molecule has 0 spiro atoms. The summed E-state index contributed by atoms with van der Waals surface area (Å²) in [5, 5.41) is 13.3. The van der Waals surface area contributed by atoms with Crippen LogP contribution < -0.4 is 5.32 Å². The Balaban J connectivity index is 1.84. The molecule has 0 aliphatic carbocycles. The fourth-order valence-corrected chi connectivity index (χ4v) is 4.74. The Hall–Kier alpha value is -2.59. The summed E-state index contributed by atoms with van der Waals surface area (Å²) in [4.78, 5) is 15.3. The summed E-state index contributed by atoms with van der Waals surface area (Å²) in [5.74, 6) is 1.15. The summed E-state index contributed by atoms with van der Waals surface area (Å²) in [7, 11) is 3.63. The lowest BCUT2D eigenvalue weighted by molar-refractivity contribution is -0.109. The molecule has 0 fully saturated rings. The van der Waals surface area contributed by atoms with Gasteiger partial charge < -0.3 is 14.6 Å². The van der Waals surface area contributed by atoms with Crippen molar-refractivity contribution < 1.29 is 9.53 Å². The van der Waals surface area contributed by atoms with Crippen LogP contribution in [0.3, 0.4) is 0 Å². The Kier molecular flexibility index (Phi) is 8.74. The van der Waals surface area contributed by atoms with Crippen LogP contribution in [0.1, 0.15) is 40.9 Å². The molecular weight excluding hydrogens is 459 g/mol. The van der Waals surface area contributed by atoms with E-state index in [4.69, 9.17) is 32.9 Å². The van der Waals surface area contributed by atoms with Crippen LogP contribution in [0, 0.1) is 24.2 Å². The zero-order valence-corrected chi connectivity index (χ0v) is 20.6. The van der Waals surface area contributed by atoms with Crippen molar-refractivity contribution in [1.82, 2.24) is 14.9 Å². The van der Waals surface area contributed by atoms with Gasteiger partial charge in [-0.05, 0) is 67.0 Å². The number of aryl methyl sites for hydroxylation is 3. The van der Waals surface area contributed by atoms with Gasteiger partial charge in [0.05, 0.1) is 22.7 Å². The Labute approximate surface area is 204 Å². The van der Waals surface area contributed by atoms with Crippen LogP contribution >= 0.6 is 23.2 Å². The number of nitrogens with one attached hydrogen (secondary N) is 1. The van der Waals surface area contributed by atoms with Crippen LogP contribution in [-0.4, -0.2) is 36.2 Å². The van der Waals surface area contributed by atoms with Gasteiger partial charge in [-0.2, -0.15) is 5.26 Å². The van der Waals surface area contributed by atoms with Crippen molar-refractivity contribution in [2.75, 3.05) is 20.3 Å². The first-order valence-electron chi connectivity index (χ1n) is 10.9. The molecule has 0 bridgehead atoms. The van der Waals surface area contributed by atoms with Gasteiger partial charge in [0, 0.05) is 43.8 Å². The lowest BCUT2D eigenvalue weighted by Gasteiger charge is -2.17. The molecule has 3 rings (SSSR count). The van der Waals surface area contributed by atoms with Crippen LogP contribution in [0.15, 0.2) is 24.3 Å². The van der Waals surface area contributed by atoms with E-state index in [2.05, 4.69) is 11.4 Å². The summed E-state index contributed by atoms with van der Waals surface area (Å²) in [5.41, 5.74) is 5.24. The van der Waals surface area contributed by atoms with E-state index < -0.39 is 0 Å². The highest BCUT2D eigenvalue weighted by atomic mass is 35.5. The number of carbonyl (C=O) groups is 1. The zero-order chi connectivity index (χ0) is 24.0. The number of ether oxygens (including phenoxy) is 1. The number of methoxy groups -OCH3 is 1. The molecule has 1 atom stereocenters. The van der Waals surface area contributed by atoms with Gasteiger partial charge in [-0.3, -0.25) is 4.79 Å². The van der Waals surface area contributed by atoms with Gasteiger partial charge in [0.2, 0.25) is 6.41 Å². The minimum absolute atomic E-state index is 0.315. The number of carbonyl (C=O) groups excluding carboxylic acids is 1. The maximum absolute atomic E-state index is 10.5. The molecule has 6 nitrogen and oxygen atoms in total. The molecule has 33 heavy (non-hydrogen) atoms. The first-order valence-corrected chi connectivity index (χ1v) is 11.6. The van der Waals surface area contributed by atoms with Crippen LogP contribution in [-0.2, 0) is 29.4 Å². The van der Waals surface area contributed by atoms with E-state index >= 15 is 0 Å². The average Bonchev–Trinajstić information content (AvgIpc) is 3.12. The van der Waals surface area contributed by atoms with Crippen LogP contribution in [0.2, 0.25) is 10.0 Å². The van der Waals surface area contributed by atoms with E-state index in [0.717, 1.165) is 59.2 Å². The lowest BCUT2D eigenvalue weighted by Crippen LogP contribution is -2.19. The third-order valence-electron chi connectivity index (χ3n) is 6.00. The molecule has 1 amide bonds. The predicted molar refractivity (Wildman–Crippen MR) is 132 cm³/mol. The maximum Gasteiger partial charge on any atom is 0.207 e. The second-order valence-corrected chi connectivity index (χ2v) is 9.04. The van der Waals surface area contributed by atoms with Gasteiger partial charge in [-0.25, -0.2) is 4.98 Å². The molecule has 0 saturated carbocycles. The number of amides is 1. The number of fused-ring (bicyclic) bond motifs is 1. The van der Waals surface area contributed by atoms with Crippen LogP contribution in [0.5, 0.6) is 0 Å². The highest BCUT2D eigenvalue weighted by Gasteiger charge is 2.18. The van der Waals surface area contributed by atoms with Crippen molar-refractivity contribution in [2.24, 2.45) is 13.0 Å². The summed E-state index contributed by atoms with van der Waals surface area (Å²) < 4.78 is 7.34. The van der Waals surface area contributed by atoms with E-state index in [1.807, 2.05) is 42.8 Å². The number of hydrogen-bond acceptors (Lipinski definition) is 4. The fourth-order valence-electron chi connectivity index (χ4n) is 4.14. The summed E-state index contributed by atoms with van der Waals surface area (Å²) in [6.45, 7) is 3.21. The Morgan fingerprint density at radius 1 is 1.30 bits per heavy atom. The standard InChI is InChI=1S/C25H28Cl2N4O2/c1-16-10-18(13-28)11-22-25(16)30-23(31(22)2)12-20-21(26)7-6-19(24(20)27)5-4-17(14-33-3)8-9-29-15-32/h6-7,10-11,15,17H,4-5,8-9,12,14H2,1-3H3,(H,29,32). The van der Waals surface area contributed by atoms with Crippen molar-refractivity contribution in [3.8, 4) is 6.07 Å². The second kappa shape index (κ2) is 11.5. The third kappa shape index (κ3) is 5.86. The molecule has 3 aromatic rings. The Morgan fingerprint density at radius 2 is 2.09 bits per heavy atom. The number of imidazole rings is 1. The van der Waals surface area contributed by atoms with Crippen LogP contribution in [0.4, 0.5) is 0 Å². The third-order valence-corrected chi connectivity index (χ3v) is 6.83. The number of halogens is 2. The molecule has 0 saturated heterocycles. The minimum atomic E-state index is 0.315. The molecule has 0 aliphatic rings. The number of benzene rings is 2. The molecule has 0 aliphatic heterocycles. The highest BCUT2D eigenvalue weighted by molar-refractivity contribution is 6.36. The van der Waals surface area contributed by atoms with Gasteiger partial charge in [0.15, 0.2) is 0 Å². The van der Waals surface area contributed by atoms with Crippen LogP contribution in [0.25, 0.3) is 11.0 Å². The highest BCUT2D eigenvalue weighted by Crippen LogP contribution is 2.32. The number of nitriles is 1. The number of nitrogens with zero attached hydrogens (tertiary/aromatic N) is 3. The molecular formula is C25H28Cl2N4O2. The molecule has 1 heterocycles. The minimum Gasteiger partial charge on any atom is -0.384 e. The van der Waals surface area contributed by atoms with Gasteiger partial charge in [0.25, 0.3) is 0 Å². The normalized spacial score (nSPS) is 12.0. The van der Waals surface area contributed by atoms with E-state index in [-0.39, 0.29) is 0 Å². The number of aromatic nitrogens is 2. The Morgan fingerprint density at radius 3 is 2.79 bits per heavy atom. The SMILES string of the molecule is COCC(CCNC=O)CCc1ccc(Cl)c(Cc2nc3c(C)cc(C#N)cc3n2C)c1Cl. The number of hydrogen-bond donors (Lipinski definition) is 1. The Bertz CT molecular complexity index is 1180. The van der Waals surface area contributed by atoms with E-state index in [0.29, 0.717) is 41.1 Å². The molecule has 2 aromatic carbocycles. The fraction of sp³-hybridized carbons (Fsp3) is 0.400. The van der Waals surface area contributed by atoms with Crippen molar-refractivity contribution in [1.29, 1.82) is 5.26 Å². The van der Waals surface area contributed by atoms with Crippen molar-refractivity contribution in [3.05, 3.63) is 62.4 Å². The van der Waals surface area contributed by atoms with Crippen molar-refractivity contribution >= 4 is 40.6 Å². The first-order chi connectivity index (χ1) is 15.9. The van der Waals surface area contributed by atoms with E-state index in [1.165, 1.54) is 0 Å². The molecule has 174 valence electrons. The van der Waals surface area contributed by atoms with Crippen molar-refractivity contribution in [2.45, 2.75) is 32.6 Å². The molecule has 8 heteroatoms. The van der Waals surface area contributed by atoms with Gasteiger partial charge in [-0.1, -0.05) is 29.3 Å². The lowest BCUT2D eigenvalue weighted by atomic mass is 9.95. The van der Waals surface area contributed by atoms with Gasteiger partial charge in [-0.15, -0.1) is 0 Å². The number of rotatable bonds is 11. The summed E-state index contributed by atoms with van der Waals surface area (Å²) in [6.07, 6.45) is 3.72. The monoisotopic (exact) mass is 486 g/mol. The summed E-state index contributed by atoms with van der Waals surface area (Å²) in [6, 6.07) is 9.77. The molecule has 1 unspecified atom stereocenters. The molecule has 0 radical (unpaired) electrons. The van der Waals surface area contributed by atoms with E-state index in [1.54, 1.807) is 7.11 Å². The zero-order valence-electron chi connectivity index (χ0n) is 19.1. The summed E-state index contributed by atoms with van der Waals surface area (Å²) >= 11 is 13.4. The van der Waals surface area contributed by atoms with E-state index in [9.17, 15) is 10.1 Å². The smallest absolute Gasteiger partial charge is 0.207 e. The quantitative estimate of drug-likeness (QED) is 0.306. The molecule has 1 N–H and O–H groups in total. The first kappa shape index (κ1) is 25.0. The maximum atomic E-state index is 10.5. The second-order valence-electron chi connectivity index (χ2n) is 8.26. The average molecular weight is 487 g/mol. The topological polar surface area (TPSA) is 79.9 Å². The molecule has 1 aromatic heterocycles. The largest absolute Gasteiger partial charge is 0.384 e. The van der Waals surface area contributed by atoms with Gasteiger partial charge in [0.1, 0.15) is 5.82 Å². The predicted octanol–water partition coefficient (Wildman–Crippen LogP) is 4.98.